The molecule has 0 fully saturated rings. The van der Waals surface area contributed by atoms with Crippen molar-refractivity contribution in [1.82, 2.24) is 0 Å². The topological polar surface area (TPSA) is 35.5 Å². The summed E-state index contributed by atoms with van der Waals surface area (Å²) in [5, 5.41) is 0. The van der Waals surface area contributed by atoms with Crippen LogP contribution in [0.15, 0.2) is 23.3 Å². The van der Waals surface area contributed by atoms with Crippen molar-refractivity contribution in [2.45, 2.75) is 73.3 Å². The molecule has 21 heavy (non-hydrogen) atoms. The summed E-state index contributed by atoms with van der Waals surface area (Å²) in [7, 11) is 0. The van der Waals surface area contributed by atoms with Crippen molar-refractivity contribution in [2.24, 2.45) is 5.92 Å². The van der Waals surface area contributed by atoms with Gasteiger partial charge in [-0.2, -0.15) is 0 Å². The maximum absolute atomic E-state index is 11.4. The third kappa shape index (κ3) is 13.5. The molecule has 0 spiro atoms. The molecule has 0 saturated heterocycles. The zero-order valence-electron chi connectivity index (χ0n) is 14.6. The van der Waals surface area contributed by atoms with Gasteiger partial charge in [0.1, 0.15) is 6.10 Å². The third-order valence-electron chi connectivity index (χ3n) is 2.99. The van der Waals surface area contributed by atoms with E-state index in [0.717, 1.165) is 25.7 Å². The first kappa shape index (κ1) is 19.8. The van der Waals surface area contributed by atoms with Crippen LogP contribution >= 0.6 is 0 Å². The van der Waals surface area contributed by atoms with Crippen LogP contribution < -0.4 is 0 Å². The van der Waals surface area contributed by atoms with Gasteiger partial charge >= 0.3 is 6.16 Å². The molecule has 122 valence electrons. The van der Waals surface area contributed by atoms with E-state index in [9.17, 15) is 4.79 Å². The zero-order valence-corrected chi connectivity index (χ0v) is 14.6. The lowest BCUT2D eigenvalue weighted by molar-refractivity contribution is 0.0211. The van der Waals surface area contributed by atoms with Crippen molar-refractivity contribution in [3.63, 3.8) is 0 Å². The highest BCUT2D eigenvalue weighted by Gasteiger charge is 2.10. The molecule has 0 N–H and O–H groups in total. The van der Waals surface area contributed by atoms with Gasteiger partial charge in [0.15, 0.2) is 0 Å². The summed E-state index contributed by atoms with van der Waals surface area (Å²) in [6.45, 7) is 12.7. The van der Waals surface area contributed by atoms with Gasteiger partial charge in [-0.1, -0.05) is 37.1 Å². The quantitative estimate of drug-likeness (QED) is 0.407. The summed E-state index contributed by atoms with van der Waals surface area (Å²) < 4.78 is 10.2. The van der Waals surface area contributed by atoms with E-state index in [4.69, 9.17) is 9.47 Å². The monoisotopic (exact) mass is 296 g/mol. The Hall–Kier alpha value is -1.25. The van der Waals surface area contributed by atoms with Gasteiger partial charge in [0.05, 0.1) is 6.61 Å². The molecule has 0 saturated carbocycles. The average Bonchev–Trinajstić information content (AvgIpc) is 2.35. The average molecular weight is 296 g/mol. The molecule has 0 heterocycles. The fraction of sp³-hybridized carbons (Fsp3) is 0.722. The number of ether oxygens (including phenoxy) is 2. The summed E-state index contributed by atoms with van der Waals surface area (Å²) in [6.07, 6.45) is 7.78. The van der Waals surface area contributed by atoms with Gasteiger partial charge in [0.25, 0.3) is 0 Å². The molecule has 1 atom stereocenters. The molecule has 0 aliphatic rings. The van der Waals surface area contributed by atoms with Crippen LogP contribution in [-0.2, 0) is 9.47 Å². The lowest BCUT2D eigenvalue weighted by atomic mass is 10.1. The van der Waals surface area contributed by atoms with Crippen LogP contribution in [0.1, 0.15) is 67.2 Å². The van der Waals surface area contributed by atoms with E-state index in [1.54, 1.807) is 0 Å². The first-order valence-electron chi connectivity index (χ1n) is 7.93. The highest BCUT2D eigenvalue weighted by molar-refractivity contribution is 5.60. The third-order valence-corrected chi connectivity index (χ3v) is 2.99. The minimum atomic E-state index is -0.555. The van der Waals surface area contributed by atoms with Gasteiger partial charge in [-0.05, 0) is 59.3 Å². The summed E-state index contributed by atoms with van der Waals surface area (Å²) in [5.41, 5.74) is 2.76. The Morgan fingerprint density at radius 1 is 1.05 bits per heavy atom. The summed E-state index contributed by atoms with van der Waals surface area (Å²) >= 11 is 0. The number of carbonyl (C=O) groups excluding carboxylic acids is 1. The standard InChI is InChI=1S/C18H32O3/c1-14(2)9-7-10-16(5)11-8-12-17(6)21-18(19)20-13-15(3)4/h9,11,15,17H,7-8,10,12-13H2,1-6H3/b16-11+. The Labute approximate surface area is 130 Å². The van der Waals surface area contributed by atoms with Crippen LogP contribution in [0.5, 0.6) is 0 Å². The van der Waals surface area contributed by atoms with Gasteiger partial charge in [0.2, 0.25) is 0 Å². The molecule has 3 nitrogen and oxygen atoms in total. The van der Waals surface area contributed by atoms with E-state index in [2.05, 4.69) is 32.9 Å². The van der Waals surface area contributed by atoms with Gasteiger partial charge in [-0.15, -0.1) is 0 Å². The van der Waals surface area contributed by atoms with Crippen LogP contribution in [0.4, 0.5) is 4.79 Å². The van der Waals surface area contributed by atoms with E-state index < -0.39 is 6.16 Å². The Bertz CT molecular complexity index is 349. The summed E-state index contributed by atoms with van der Waals surface area (Å²) in [4.78, 5) is 11.4. The maximum atomic E-state index is 11.4. The minimum Gasteiger partial charge on any atom is -0.434 e. The van der Waals surface area contributed by atoms with Crippen LogP contribution in [-0.4, -0.2) is 18.9 Å². The first-order valence-corrected chi connectivity index (χ1v) is 7.93. The van der Waals surface area contributed by atoms with Crippen molar-refractivity contribution in [1.29, 1.82) is 0 Å². The predicted molar refractivity (Wildman–Crippen MR) is 88.4 cm³/mol. The number of carbonyl (C=O) groups is 1. The second-order valence-electron chi connectivity index (χ2n) is 6.33. The van der Waals surface area contributed by atoms with E-state index in [1.165, 1.54) is 11.1 Å². The van der Waals surface area contributed by atoms with Crippen LogP contribution in [0.25, 0.3) is 0 Å². The van der Waals surface area contributed by atoms with Crippen molar-refractivity contribution in [2.75, 3.05) is 6.61 Å². The predicted octanol–water partition coefficient (Wildman–Crippen LogP) is 5.66. The van der Waals surface area contributed by atoms with E-state index >= 15 is 0 Å². The maximum Gasteiger partial charge on any atom is 0.508 e. The molecule has 0 rings (SSSR count). The Kier molecular flexibility index (Phi) is 10.7. The fourth-order valence-corrected chi connectivity index (χ4v) is 1.75. The van der Waals surface area contributed by atoms with E-state index in [0.29, 0.717) is 12.5 Å². The van der Waals surface area contributed by atoms with Gasteiger partial charge in [-0.3, -0.25) is 0 Å². The lowest BCUT2D eigenvalue weighted by Gasteiger charge is -2.13. The van der Waals surface area contributed by atoms with Crippen LogP contribution in [0, 0.1) is 5.92 Å². The van der Waals surface area contributed by atoms with E-state index in [1.807, 2.05) is 20.8 Å². The number of hydrogen-bond donors (Lipinski definition) is 0. The largest absolute Gasteiger partial charge is 0.508 e. The first-order chi connectivity index (χ1) is 9.81. The molecular weight excluding hydrogens is 264 g/mol. The van der Waals surface area contributed by atoms with Crippen molar-refractivity contribution >= 4 is 6.16 Å². The molecule has 0 aromatic heterocycles. The molecule has 0 aromatic carbocycles. The summed E-state index contributed by atoms with van der Waals surface area (Å²) in [6, 6.07) is 0. The van der Waals surface area contributed by atoms with Crippen molar-refractivity contribution < 1.29 is 14.3 Å². The SMILES string of the molecule is CC(C)=CCC/C(C)=C/CCC(C)OC(=O)OCC(C)C. The van der Waals surface area contributed by atoms with Gasteiger partial charge in [-0.25, -0.2) is 4.79 Å². The second kappa shape index (κ2) is 11.4. The number of allylic oxidation sites excluding steroid dienone is 4. The Balaban J connectivity index is 3.84. The molecule has 0 radical (unpaired) electrons. The minimum absolute atomic E-state index is 0.105. The number of hydrogen-bond acceptors (Lipinski definition) is 3. The molecule has 0 bridgehead atoms. The van der Waals surface area contributed by atoms with Gasteiger partial charge < -0.3 is 9.47 Å². The number of rotatable bonds is 9. The normalized spacial score (nSPS) is 13.0. The lowest BCUT2D eigenvalue weighted by Crippen LogP contribution is -2.17. The van der Waals surface area contributed by atoms with Crippen LogP contribution in [0.3, 0.4) is 0 Å². The highest BCUT2D eigenvalue weighted by Crippen LogP contribution is 2.11. The van der Waals surface area contributed by atoms with Crippen LogP contribution in [0.2, 0.25) is 0 Å². The molecule has 0 amide bonds. The highest BCUT2D eigenvalue weighted by atomic mass is 16.7. The van der Waals surface area contributed by atoms with Gasteiger partial charge in [0, 0.05) is 0 Å². The molecule has 0 aromatic rings. The summed E-state index contributed by atoms with van der Waals surface area (Å²) in [5.74, 6) is 0.333. The zero-order chi connectivity index (χ0) is 16.3. The Morgan fingerprint density at radius 2 is 1.71 bits per heavy atom. The van der Waals surface area contributed by atoms with Crippen molar-refractivity contribution in [3.05, 3.63) is 23.3 Å². The second-order valence-corrected chi connectivity index (χ2v) is 6.33. The molecule has 0 aliphatic carbocycles. The fourth-order valence-electron chi connectivity index (χ4n) is 1.75. The molecule has 0 aliphatic heterocycles. The molecule has 1 unspecified atom stereocenters. The Morgan fingerprint density at radius 3 is 2.29 bits per heavy atom. The van der Waals surface area contributed by atoms with Crippen molar-refractivity contribution in [3.8, 4) is 0 Å². The molecular formula is C18H32O3. The van der Waals surface area contributed by atoms with E-state index in [-0.39, 0.29) is 6.10 Å². The molecule has 3 heteroatoms. The smallest absolute Gasteiger partial charge is 0.434 e.